The highest BCUT2D eigenvalue weighted by Crippen LogP contribution is 2.02. The number of hydrogen-bond donors (Lipinski definition) is 2. The van der Waals surface area contributed by atoms with Gasteiger partial charge < -0.3 is 10.4 Å². The van der Waals surface area contributed by atoms with Crippen molar-refractivity contribution >= 4 is 9.84 Å². The van der Waals surface area contributed by atoms with E-state index in [9.17, 15) is 13.5 Å². The van der Waals surface area contributed by atoms with E-state index in [2.05, 4.69) is 19.2 Å². The van der Waals surface area contributed by atoms with Gasteiger partial charge in [-0.25, -0.2) is 8.42 Å². The van der Waals surface area contributed by atoms with Crippen LogP contribution in [0.5, 0.6) is 0 Å². The molecule has 1 atom stereocenters. The zero-order chi connectivity index (χ0) is 12.1. The molecule has 0 radical (unpaired) electrons. The molecule has 5 heteroatoms. The maximum absolute atomic E-state index is 11.4. The molecule has 0 aromatic rings. The Labute approximate surface area is 93.0 Å². The van der Waals surface area contributed by atoms with Crippen molar-refractivity contribution in [3.8, 4) is 0 Å². The fourth-order valence-corrected chi connectivity index (χ4v) is 2.10. The molecule has 0 bridgehead atoms. The lowest BCUT2D eigenvalue weighted by atomic mass is 10.2. The zero-order valence-electron chi connectivity index (χ0n) is 10.0. The first-order valence-corrected chi connectivity index (χ1v) is 7.07. The SMILES string of the molecule is CC(C)CNCC(O)CS(=O)(=O)C(C)C. The van der Waals surface area contributed by atoms with Gasteiger partial charge in [0.15, 0.2) is 9.84 Å². The molecule has 15 heavy (non-hydrogen) atoms. The Hall–Kier alpha value is -0.130. The number of aliphatic hydroxyl groups is 1. The molecule has 0 rings (SSSR count). The van der Waals surface area contributed by atoms with Gasteiger partial charge in [0, 0.05) is 6.54 Å². The van der Waals surface area contributed by atoms with Gasteiger partial charge in [-0.2, -0.15) is 0 Å². The maximum atomic E-state index is 11.4. The third kappa shape index (κ3) is 6.87. The summed E-state index contributed by atoms with van der Waals surface area (Å²) in [6.45, 7) is 8.50. The minimum absolute atomic E-state index is 0.157. The third-order valence-electron chi connectivity index (χ3n) is 2.08. The lowest BCUT2D eigenvalue weighted by Gasteiger charge is -2.14. The summed E-state index contributed by atoms with van der Waals surface area (Å²) in [5, 5.41) is 12.1. The number of rotatable bonds is 7. The average molecular weight is 237 g/mol. The van der Waals surface area contributed by atoms with E-state index in [0.29, 0.717) is 12.5 Å². The van der Waals surface area contributed by atoms with Gasteiger partial charge >= 0.3 is 0 Å². The van der Waals surface area contributed by atoms with Crippen LogP contribution in [0.2, 0.25) is 0 Å². The molecular weight excluding hydrogens is 214 g/mol. The molecule has 1 unspecified atom stereocenters. The Morgan fingerprint density at radius 2 is 1.67 bits per heavy atom. The van der Waals surface area contributed by atoms with E-state index in [1.54, 1.807) is 13.8 Å². The second-order valence-corrected chi connectivity index (χ2v) is 7.19. The molecule has 0 aliphatic heterocycles. The molecule has 0 saturated carbocycles. The second-order valence-electron chi connectivity index (χ2n) is 4.58. The van der Waals surface area contributed by atoms with Crippen LogP contribution in [0.1, 0.15) is 27.7 Å². The van der Waals surface area contributed by atoms with Crippen LogP contribution in [0.15, 0.2) is 0 Å². The molecule has 0 aliphatic carbocycles. The maximum Gasteiger partial charge on any atom is 0.155 e. The summed E-state index contributed by atoms with van der Waals surface area (Å²) >= 11 is 0. The molecule has 2 N–H and O–H groups in total. The number of nitrogens with one attached hydrogen (secondary N) is 1. The first-order chi connectivity index (χ1) is 6.75. The standard InChI is InChI=1S/C10H23NO3S/c1-8(2)5-11-6-10(12)7-15(13,14)9(3)4/h8-12H,5-7H2,1-4H3. The molecule has 0 fully saturated rings. The molecule has 0 aliphatic rings. The van der Waals surface area contributed by atoms with Crippen LogP contribution in [-0.2, 0) is 9.84 Å². The summed E-state index contributed by atoms with van der Waals surface area (Å²) in [4.78, 5) is 0. The summed E-state index contributed by atoms with van der Waals surface area (Å²) < 4.78 is 22.9. The van der Waals surface area contributed by atoms with E-state index in [1.165, 1.54) is 0 Å². The van der Waals surface area contributed by atoms with Crippen LogP contribution in [0.3, 0.4) is 0 Å². The molecule has 0 aromatic carbocycles. The van der Waals surface area contributed by atoms with Gasteiger partial charge in [0.05, 0.1) is 17.1 Å². The molecule has 0 spiro atoms. The van der Waals surface area contributed by atoms with Gasteiger partial charge in [0.1, 0.15) is 0 Å². The highest BCUT2D eigenvalue weighted by molar-refractivity contribution is 7.92. The van der Waals surface area contributed by atoms with Crippen molar-refractivity contribution in [2.75, 3.05) is 18.8 Å². The quantitative estimate of drug-likeness (QED) is 0.673. The number of aliphatic hydroxyl groups excluding tert-OH is 1. The predicted molar refractivity (Wildman–Crippen MR) is 62.6 cm³/mol. The number of hydrogen-bond acceptors (Lipinski definition) is 4. The van der Waals surface area contributed by atoms with Crippen LogP contribution >= 0.6 is 0 Å². The lowest BCUT2D eigenvalue weighted by Crippen LogP contribution is -2.36. The Morgan fingerprint density at radius 3 is 2.07 bits per heavy atom. The minimum atomic E-state index is -3.14. The van der Waals surface area contributed by atoms with Crippen molar-refractivity contribution < 1.29 is 13.5 Å². The van der Waals surface area contributed by atoms with Crippen molar-refractivity contribution in [2.45, 2.75) is 39.0 Å². The first-order valence-electron chi connectivity index (χ1n) is 5.36. The Balaban J connectivity index is 3.89. The summed E-state index contributed by atoms with van der Waals surface area (Å²) in [5.74, 6) is 0.342. The summed E-state index contributed by atoms with van der Waals surface area (Å²) in [7, 11) is -3.14. The molecule has 4 nitrogen and oxygen atoms in total. The lowest BCUT2D eigenvalue weighted by molar-refractivity contribution is 0.192. The van der Waals surface area contributed by atoms with Gasteiger partial charge in [-0.3, -0.25) is 0 Å². The second kappa shape index (κ2) is 6.45. The topological polar surface area (TPSA) is 66.4 Å². The average Bonchev–Trinajstić information content (AvgIpc) is 2.01. The van der Waals surface area contributed by atoms with Gasteiger partial charge in [-0.1, -0.05) is 13.8 Å². The van der Waals surface area contributed by atoms with Crippen LogP contribution in [0.25, 0.3) is 0 Å². The van der Waals surface area contributed by atoms with E-state index < -0.39 is 21.2 Å². The van der Waals surface area contributed by atoms with E-state index in [0.717, 1.165) is 6.54 Å². The van der Waals surface area contributed by atoms with Crippen molar-refractivity contribution in [1.29, 1.82) is 0 Å². The van der Waals surface area contributed by atoms with E-state index >= 15 is 0 Å². The fourth-order valence-electron chi connectivity index (χ4n) is 1.06. The van der Waals surface area contributed by atoms with Crippen molar-refractivity contribution in [3.05, 3.63) is 0 Å². The molecule has 0 saturated heterocycles. The Bertz CT molecular complexity index is 260. The minimum Gasteiger partial charge on any atom is -0.391 e. The van der Waals surface area contributed by atoms with Gasteiger partial charge in [0.2, 0.25) is 0 Å². The zero-order valence-corrected chi connectivity index (χ0v) is 10.8. The molecule has 0 amide bonds. The van der Waals surface area contributed by atoms with Crippen molar-refractivity contribution in [3.63, 3.8) is 0 Å². The first kappa shape index (κ1) is 14.9. The van der Waals surface area contributed by atoms with Gasteiger partial charge in [-0.15, -0.1) is 0 Å². The Morgan fingerprint density at radius 1 is 1.13 bits per heavy atom. The molecule has 0 heterocycles. The third-order valence-corrected chi connectivity index (χ3v) is 4.36. The summed E-state index contributed by atoms with van der Waals surface area (Å²) in [6, 6.07) is 0. The molecule has 0 aromatic heterocycles. The van der Waals surface area contributed by atoms with E-state index in [1.807, 2.05) is 0 Å². The van der Waals surface area contributed by atoms with Crippen LogP contribution in [-0.4, -0.2) is 43.7 Å². The summed E-state index contributed by atoms with van der Waals surface area (Å²) in [6.07, 6.45) is -0.809. The normalized spacial score (nSPS) is 14.9. The highest BCUT2D eigenvalue weighted by Gasteiger charge is 2.20. The fraction of sp³-hybridized carbons (Fsp3) is 1.00. The molecular formula is C10H23NO3S. The van der Waals surface area contributed by atoms with E-state index in [-0.39, 0.29) is 5.75 Å². The summed E-state index contributed by atoms with van der Waals surface area (Å²) in [5.41, 5.74) is 0. The van der Waals surface area contributed by atoms with Crippen molar-refractivity contribution in [2.24, 2.45) is 5.92 Å². The van der Waals surface area contributed by atoms with Gasteiger partial charge in [-0.05, 0) is 26.3 Å². The van der Waals surface area contributed by atoms with Crippen LogP contribution < -0.4 is 5.32 Å². The highest BCUT2D eigenvalue weighted by atomic mass is 32.2. The van der Waals surface area contributed by atoms with E-state index in [4.69, 9.17) is 0 Å². The van der Waals surface area contributed by atoms with Gasteiger partial charge in [0.25, 0.3) is 0 Å². The largest absolute Gasteiger partial charge is 0.391 e. The van der Waals surface area contributed by atoms with Crippen LogP contribution in [0, 0.1) is 5.92 Å². The Kier molecular flexibility index (Phi) is 6.40. The van der Waals surface area contributed by atoms with Crippen LogP contribution in [0.4, 0.5) is 0 Å². The van der Waals surface area contributed by atoms with Crippen molar-refractivity contribution in [1.82, 2.24) is 5.32 Å². The monoisotopic (exact) mass is 237 g/mol. The smallest absolute Gasteiger partial charge is 0.155 e. The number of sulfone groups is 1. The predicted octanol–water partition coefficient (Wildman–Crippen LogP) is 0.416. The molecule has 92 valence electrons.